The van der Waals surface area contributed by atoms with Crippen molar-refractivity contribution in [1.29, 1.82) is 0 Å². The molecule has 0 aliphatic heterocycles. The Morgan fingerprint density at radius 2 is 1.86 bits per heavy atom. The van der Waals surface area contributed by atoms with Gasteiger partial charge in [-0.3, -0.25) is 14.0 Å². The zero-order valence-corrected chi connectivity index (χ0v) is 13.7. The number of rotatable bonds is 8. The topological polar surface area (TPSA) is 84.2 Å². The van der Waals surface area contributed by atoms with Crippen molar-refractivity contribution < 1.29 is 14.0 Å². The van der Waals surface area contributed by atoms with Gasteiger partial charge in [-0.05, 0) is 51.9 Å². The second-order valence-corrected chi connectivity index (χ2v) is 6.39. The third kappa shape index (κ3) is 6.73. The first-order chi connectivity index (χ1) is 10.4. The van der Waals surface area contributed by atoms with Crippen LogP contribution >= 0.6 is 0 Å². The van der Waals surface area contributed by atoms with E-state index in [1.165, 1.54) is 6.92 Å². The van der Waals surface area contributed by atoms with Crippen molar-refractivity contribution in [3.8, 4) is 0 Å². The Morgan fingerprint density at radius 3 is 2.41 bits per heavy atom. The van der Waals surface area contributed by atoms with Gasteiger partial charge >= 0.3 is 0 Å². The molecular weight excluding hydrogens is 285 g/mol. The van der Waals surface area contributed by atoms with Gasteiger partial charge in [-0.25, -0.2) is 0 Å². The molecule has 1 aliphatic carbocycles. The van der Waals surface area contributed by atoms with Crippen LogP contribution in [-0.4, -0.2) is 36.6 Å². The number of nitrogens with one attached hydrogen (secondary N) is 2. The predicted octanol–water partition coefficient (Wildman–Crippen LogP) is 1.65. The van der Waals surface area contributed by atoms with Gasteiger partial charge in [0.05, 0.1) is 6.67 Å². The normalized spacial score (nSPS) is 24.4. The van der Waals surface area contributed by atoms with Crippen LogP contribution in [-0.2, 0) is 9.59 Å². The summed E-state index contributed by atoms with van der Waals surface area (Å²) in [6.45, 7) is 3.11. The van der Waals surface area contributed by atoms with Gasteiger partial charge in [-0.2, -0.15) is 0 Å². The molecule has 4 N–H and O–H groups in total. The second-order valence-electron chi connectivity index (χ2n) is 6.39. The van der Waals surface area contributed by atoms with Crippen molar-refractivity contribution in [1.82, 2.24) is 10.6 Å². The summed E-state index contributed by atoms with van der Waals surface area (Å²) in [6, 6.07) is -0.0340. The summed E-state index contributed by atoms with van der Waals surface area (Å²) in [4.78, 5) is 23.3. The minimum atomic E-state index is -0.314. The van der Waals surface area contributed by atoms with E-state index in [9.17, 15) is 14.0 Å². The SMILES string of the molecule is CC(=O)NC1CCC(C(=O)NC(C)C(N)CCCCF)CC1. The van der Waals surface area contributed by atoms with E-state index in [4.69, 9.17) is 5.73 Å². The van der Waals surface area contributed by atoms with Gasteiger partial charge in [-0.1, -0.05) is 0 Å². The number of carbonyl (C=O) groups excluding carboxylic acids is 2. The molecule has 22 heavy (non-hydrogen) atoms. The molecule has 6 heteroatoms. The molecule has 0 radical (unpaired) electrons. The largest absolute Gasteiger partial charge is 0.354 e. The van der Waals surface area contributed by atoms with Crippen molar-refractivity contribution in [2.45, 2.75) is 76.9 Å². The molecule has 0 heterocycles. The van der Waals surface area contributed by atoms with Gasteiger partial charge < -0.3 is 16.4 Å². The zero-order chi connectivity index (χ0) is 16.5. The monoisotopic (exact) mass is 315 g/mol. The highest BCUT2D eigenvalue weighted by Gasteiger charge is 2.28. The number of unbranched alkanes of at least 4 members (excludes halogenated alkanes) is 1. The summed E-state index contributed by atoms with van der Waals surface area (Å²) in [5, 5.41) is 5.89. The number of alkyl halides is 1. The molecule has 0 aromatic heterocycles. The maximum atomic E-state index is 12.3. The Hall–Kier alpha value is -1.17. The standard InChI is InChI=1S/C16H30FN3O2/c1-11(15(18)5-3-4-10-17)19-16(22)13-6-8-14(9-7-13)20-12(2)21/h11,13-15H,3-10,18H2,1-2H3,(H,19,22)(H,20,21). The van der Waals surface area contributed by atoms with Crippen molar-refractivity contribution in [2.75, 3.05) is 6.67 Å². The molecule has 0 saturated heterocycles. The first-order valence-electron chi connectivity index (χ1n) is 8.33. The Kier molecular flexibility index (Phi) is 8.38. The number of hydrogen-bond acceptors (Lipinski definition) is 3. The van der Waals surface area contributed by atoms with Crippen LogP contribution < -0.4 is 16.4 Å². The van der Waals surface area contributed by atoms with E-state index in [0.29, 0.717) is 6.42 Å². The summed E-state index contributed by atoms with van der Waals surface area (Å²) in [7, 11) is 0. The van der Waals surface area contributed by atoms with E-state index < -0.39 is 0 Å². The molecule has 5 nitrogen and oxygen atoms in total. The fourth-order valence-corrected chi connectivity index (χ4v) is 2.96. The number of halogens is 1. The van der Waals surface area contributed by atoms with Crippen molar-refractivity contribution in [3.63, 3.8) is 0 Å². The van der Waals surface area contributed by atoms with Gasteiger partial charge in [0.25, 0.3) is 0 Å². The van der Waals surface area contributed by atoms with E-state index >= 15 is 0 Å². The second kappa shape index (κ2) is 9.77. The molecule has 0 bridgehead atoms. The molecule has 1 aliphatic rings. The Balaban J connectivity index is 2.29. The molecule has 2 amide bonds. The smallest absolute Gasteiger partial charge is 0.223 e. The fraction of sp³-hybridized carbons (Fsp3) is 0.875. The molecule has 128 valence electrons. The van der Waals surface area contributed by atoms with Crippen molar-refractivity contribution in [2.24, 2.45) is 11.7 Å². The maximum absolute atomic E-state index is 12.3. The van der Waals surface area contributed by atoms with Crippen LogP contribution in [0.4, 0.5) is 4.39 Å². The fourth-order valence-electron chi connectivity index (χ4n) is 2.96. The lowest BCUT2D eigenvalue weighted by Gasteiger charge is -2.30. The minimum absolute atomic E-state index is 0.00509. The van der Waals surface area contributed by atoms with Gasteiger partial charge in [0.2, 0.25) is 11.8 Å². The Morgan fingerprint density at radius 1 is 1.23 bits per heavy atom. The molecule has 0 aromatic carbocycles. The first kappa shape index (κ1) is 18.9. The third-order valence-corrected chi connectivity index (χ3v) is 4.44. The lowest BCUT2D eigenvalue weighted by Crippen LogP contribution is -2.48. The van der Waals surface area contributed by atoms with Gasteiger partial charge in [0.1, 0.15) is 0 Å². The summed E-state index contributed by atoms with van der Waals surface area (Å²) < 4.78 is 12.1. The van der Waals surface area contributed by atoms with Gasteiger partial charge in [-0.15, -0.1) is 0 Å². The van der Waals surface area contributed by atoms with E-state index in [0.717, 1.165) is 38.5 Å². The lowest BCUT2D eigenvalue weighted by atomic mass is 9.85. The van der Waals surface area contributed by atoms with E-state index in [1.807, 2.05) is 6.92 Å². The lowest BCUT2D eigenvalue weighted by molar-refractivity contribution is -0.126. The highest BCUT2D eigenvalue weighted by molar-refractivity contribution is 5.79. The van der Waals surface area contributed by atoms with E-state index in [-0.39, 0.29) is 42.5 Å². The number of amides is 2. The van der Waals surface area contributed by atoms with Crippen LogP contribution in [0, 0.1) is 5.92 Å². The van der Waals surface area contributed by atoms with Crippen LogP contribution in [0.25, 0.3) is 0 Å². The molecule has 1 fully saturated rings. The average Bonchev–Trinajstić information content (AvgIpc) is 2.47. The minimum Gasteiger partial charge on any atom is -0.354 e. The van der Waals surface area contributed by atoms with Crippen LogP contribution in [0.1, 0.15) is 58.8 Å². The summed E-state index contributed by atoms with van der Waals surface area (Å²) >= 11 is 0. The predicted molar refractivity (Wildman–Crippen MR) is 85.0 cm³/mol. The van der Waals surface area contributed by atoms with Gasteiger partial charge in [0, 0.05) is 31.0 Å². The summed E-state index contributed by atoms with van der Waals surface area (Å²) in [6.07, 6.45) is 5.27. The molecule has 2 atom stereocenters. The molecular formula is C16H30FN3O2. The van der Waals surface area contributed by atoms with Crippen LogP contribution in [0.2, 0.25) is 0 Å². The van der Waals surface area contributed by atoms with Crippen LogP contribution in [0.15, 0.2) is 0 Å². The van der Waals surface area contributed by atoms with Crippen molar-refractivity contribution >= 4 is 11.8 Å². The number of nitrogens with two attached hydrogens (primary N) is 1. The molecule has 0 aromatic rings. The van der Waals surface area contributed by atoms with Crippen LogP contribution in [0.3, 0.4) is 0 Å². The molecule has 0 spiro atoms. The highest BCUT2D eigenvalue weighted by Crippen LogP contribution is 2.24. The number of hydrogen-bond donors (Lipinski definition) is 3. The Labute approximate surface area is 132 Å². The Bertz CT molecular complexity index is 357. The van der Waals surface area contributed by atoms with Crippen molar-refractivity contribution in [3.05, 3.63) is 0 Å². The first-order valence-corrected chi connectivity index (χ1v) is 8.33. The molecule has 1 saturated carbocycles. The zero-order valence-electron chi connectivity index (χ0n) is 13.7. The van der Waals surface area contributed by atoms with E-state index in [2.05, 4.69) is 10.6 Å². The molecule has 1 rings (SSSR count). The van der Waals surface area contributed by atoms with Crippen LogP contribution in [0.5, 0.6) is 0 Å². The highest BCUT2D eigenvalue weighted by atomic mass is 19.1. The molecule has 2 unspecified atom stereocenters. The van der Waals surface area contributed by atoms with Gasteiger partial charge in [0.15, 0.2) is 0 Å². The average molecular weight is 315 g/mol. The maximum Gasteiger partial charge on any atom is 0.223 e. The third-order valence-electron chi connectivity index (χ3n) is 4.44. The number of carbonyl (C=O) groups is 2. The summed E-state index contributed by atoms with van der Waals surface area (Å²) in [5.41, 5.74) is 6.03. The quantitative estimate of drug-likeness (QED) is 0.596. The van der Waals surface area contributed by atoms with E-state index in [1.54, 1.807) is 0 Å². The summed E-state index contributed by atoms with van der Waals surface area (Å²) in [5.74, 6) is 0.0426.